The quantitative estimate of drug-likeness (QED) is 0.0320. The zero-order chi connectivity index (χ0) is 51.4. The Bertz CT molecular complexity index is 1060. The number of ether oxygens (including phenoxy) is 1. The maximum atomic E-state index is 12.5. The molecule has 0 bridgehead atoms. The van der Waals surface area contributed by atoms with E-state index in [0.717, 1.165) is 38.5 Å². The van der Waals surface area contributed by atoms with Crippen molar-refractivity contribution in [2.24, 2.45) is 0 Å². The van der Waals surface area contributed by atoms with Gasteiger partial charge in [0.1, 0.15) is 0 Å². The molecule has 0 aliphatic carbocycles. The molecule has 2 unspecified atom stereocenters. The molecule has 71 heavy (non-hydrogen) atoms. The Balaban J connectivity index is 3.44. The Hall–Kier alpha value is -1.40. The van der Waals surface area contributed by atoms with Crippen molar-refractivity contribution in [2.45, 2.75) is 379 Å². The molecule has 0 aliphatic rings. The Labute approximate surface area is 444 Å². The Morgan fingerprint density at radius 3 is 0.958 bits per heavy atom. The van der Waals surface area contributed by atoms with E-state index in [1.165, 1.54) is 302 Å². The molecule has 0 saturated heterocycles. The molecule has 0 saturated carbocycles. The maximum absolute atomic E-state index is 12.5. The van der Waals surface area contributed by atoms with E-state index in [1.54, 1.807) is 6.08 Å². The number of hydrogen-bond donors (Lipinski definition) is 3. The van der Waals surface area contributed by atoms with Crippen molar-refractivity contribution in [3.8, 4) is 0 Å². The summed E-state index contributed by atoms with van der Waals surface area (Å²) in [5, 5.41) is 23.2. The average Bonchev–Trinajstić information content (AvgIpc) is 3.37. The molecule has 422 valence electrons. The Morgan fingerprint density at radius 2 is 0.648 bits per heavy atom. The highest BCUT2D eigenvalue weighted by Crippen LogP contribution is 2.18. The number of aliphatic hydroxyl groups is 2. The third-order valence-corrected chi connectivity index (χ3v) is 15.3. The summed E-state index contributed by atoms with van der Waals surface area (Å²) >= 11 is 0. The van der Waals surface area contributed by atoms with Crippen LogP contribution < -0.4 is 5.32 Å². The molecule has 2 atom stereocenters. The van der Waals surface area contributed by atoms with Crippen LogP contribution in [-0.2, 0) is 14.3 Å². The first-order valence-corrected chi connectivity index (χ1v) is 32.5. The summed E-state index contributed by atoms with van der Waals surface area (Å²) in [4.78, 5) is 24.5. The highest BCUT2D eigenvalue weighted by Gasteiger charge is 2.18. The van der Waals surface area contributed by atoms with Crippen LogP contribution in [0.4, 0.5) is 0 Å². The lowest BCUT2D eigenvalue weighted by Gasteiger charge is -2.20. The third kappa shape index (κ3) is 57.7. The van der Waals surface area contributed by atoms with Crippen LogP contribution >= 0.6 is 0 Å². The fraction of sp³-hybridized carbons (Fsp3) is 0.938. The van der Waals surface area contributed by atoms with Crippen LogP contribution in [0.1, 0.15) is 367 Å². The van der Waals surface area contributed by atoms with E-state index in [-0.39, 0.29) is 18.5 Å². The molecule has 0 fully saturated rings. The minimum atomic E-state index is -0.848. The number of carbonyl (C=O) groups excluding carboxylic acids is 2. The molecular formula is C65H127NO5. The minimum absolute atomic E-state index is 0.00721. The second kappa shape index (κ2) is 61.1. The SMILES string of the molecule is CCCCCCCCCCCCCCCCCCCCCCCCC/C=C/C(O)C(CO)NC(=O)CCCCCCCCCCCCCCCCCCCCOC(=O)CCCCCCCCCCCCC. The van der Waals surface area contributed by atoms with Gasteiger partial charge < -0.3 is 20.3 Å². The standard InChI is InChI=1S/C65H127NO5/c1-3-5-7-9-11-13-15-16-17-18-19-20-21-22-23-24-25-28-31-34-38-41-45-49-53-57-63(68)62(61-67)66-64(69)58-54-50-46-42-39-35-32-29-26-27-30-33-36-40-44-48-52-56-60-71-65(70)59-55-51-47-43-37-14-12-10-8-6-4-2/h53,57,62-63,67-68H,3-52,54-56,58-61H2,1-2H3,(H,66,69)/b57-53+. The fourth-order valence-electron chi connectivity index (χ4n) is 10.3. The second-order valence-electron chi connectivity index (χ2n) is 22.5. The third-order valence-electron chi connectivity index (χ3n) is 15.3. The van der Waals surface area contributed by atoms with Crippen molar-refractivity contribution in [1.29, 1.82) is 0 Å². The number of hydrogen-bond acceptors (Lipinski definition) is 5. The van der Waals surface area contributed by atoms with Crippen molar-refractivity contribution >= 4 is 11.9 Å². The van der Waals surface area contributed by atoms with Crippen LogP contribution in [0.5, 0.6) is 0 Å². The normalized spacial score (nSPS) is 12.6. The molecule has 6 nitrogen and oxygen atoms in total. The van der Waals surface area contributed by atoms with Gasteiger partial charge >= 0.3 is 5.97 Å². The van der Waals surface area contributed by atoms with E-state index < -0.39 is 12.1 Å². The maximum Gasteiger partial charge on any atom is 0.305 e. The van der Waals surface area contributed by atoms with Crippen molar-refractivity contribution < 1.29 is 24.5 Å². The molecule has 0 aromatic carbocycles. The first-order valence-electron chi connectivity index (χ1n) is 32.5. The van der Waals surface area contributed by atoms with E-state index in [9.17, 15) is 19.8 Å². The highest BCUT2D eigenvalue weighted by molar-refractivity contribution is 5.76. The summed E-state index contributed by atoms with van der Waals surface area (Å²) in [7, 11) is 0. The molecule has 3 N–H and O–H groups in total. The lowest BCUT2D eigenvalue weighted by Crippen LogP contribution is -2.45. The summed E-state index contributed by atoms with van der Waals surface area (Å²) in [6.45, 7) is 4.93. The van der Waals surface area contributed by atoms with E-state index in [4.69, 9.17) is 4.74 Å². The number of allylic oxidation sites excluding steroid dienone is 1. The zero-order valence-electron chi connectivity index (χ0n) is 48.2. The van der Waals surface area contributed by atoms with Gasteiger partial charge in [0.2, 0.25) is 5.91 Å². The van der Waals surface area contributed by atoms with Gasteiger partial charge in [-0.25, -0.2) is 0 Å². The summed E-state index contributed by atoms with van der Waals surface area (Å²) in [6, 6.07) is -0.631. The molecule has 1 amide bonds. The largest absolute Gasteiger partial charge is 0.466 e. The molecular weight excluding hydrogens is 875 g/mol. The number of carbonyl (C=O) groups is 2. The average molecular weight is 1000 g/mol. The fourth-order valence-corrected chi connectivity index (χ4v) is 10.3. The molecule has 0 radical (unpaired) electrons. The minimum Gasteiger partial charge on any atom is -0.466 e. The number of esters is 1. The van der Waals surface area contributed by atoms with E-state index in [2.05, 4.69) is 19.2 Å². The Morgan fingerprint density at radius 1 is 0.380 bits per heavy atom. The molecule has 0 heterocycles. The highest BCUT2D eigenvalue weighted by atomic mass is 16.5. The van der Waals surface area contributed by atoms with Gasteiger partial charge in [0.25, 0.3) is 0 Å². The van der Waals surface area contributed by atoms with Crippen molar-refractivity contribution in [2.75, 3.05) is 13.2 Å². The van der Waals surface area contributed by atoms with Gasteiger partial charge in [0.05, 0.1) is 25.4 Å². The van der Waals surface area contributed by atoms with Crippen LogP contribution in [0, 0.1) is 0 Å². The van der Waals surface area contributed by atoms with Gasteiger partial charge in [-0.2, -0.15) is 0 Å². The smallest absolute Gasteiger partial charge is 0.305 e. The van der Waals surface area contributed by atoms with E-state index in [0.29, 0.717) is 19.4 Å². The van der Waals surface area contributed by atoms with Crippen LogP contribution in [0.15, 0.2) is 12.2 Å². The van der Waals surface area contributed by atoms with Gasteiger partial charge in [0, 0.05) is 12.8 Å². The lowest BCUT2D eigenvalue weighted by atomic mass is 10.0. The summed E-state index contributed by atoms with van der Waals surface area (Å²) in [5.41, 5.74) is 0. The molecule has 0 aromatic heterocycles. The van der Waals surface area contributed by atoms with Crippen molar-refractivity contribution in [3.63, 3.8) is 0 Å². The van der Waals surface area contributed by atoms with Crippen LogP contribution in [0.3, 0.4) is 0 Å². The number of rotatable bonds is 61. The van der Waals surface area contributed by atoms with Crippen LogP contribution in [0.25, 0.3) is 0 Å². The lowest BCUT2D eigenvalue weighted by molar-refractivity contribution is -0.143. The molecule has 0 rings (SSSR count). The van der Waals surface area contributed by atoms with Gasteiger partial charge in [-0.1, -0.05) is 334 Å². The van der Waals surface area contributed by atoms with Gasteiger partial charge in [0.15, 0.2) is 0 Å². The van der Waals surface area contributed by atoms with Crippen LogP contribution in [-0.4, -0.2) is 47.4 Å². The number of unbranched alkanes of at least 4 members (excludes halogenated alkanes) is 50. The second-order valence-corrected chi connectivity index (χ2v) is 22.5. The van der Waals surface area contributed by atoms with Gasteiger partial charge in [-0.15, -0.1) is 0 Å². The number of nitrogens with one attached hydrogen (secondary N) is 1. The van der Waals surface area contributed by atoms with Crippen LogP contribution in [0.2, 0.25) is 0 Å². The zero-order valence-corrected chi connectivity index (χ0v) is 48.2. The van der Waals surface area contributed by atoms with Crippen molar-refractivity contribution in [1.82, 2.24) is 5.32 Å². The van der Waals surface area contributed by atoms with E-state index in [1.807, 2.05) is 6.08 Å². The first kappa shape index (κ1) is 69.6. The molecule has 0 aromatic rings. The predicted octanol–water partition coefficient (Wildman–Crippen LogP) is 20.4. The van der Waals surface area contributed by atoms with Gasteiger partial charge in [-0.3, -0.25) is 9.59 Å². The summed E-state index contributed by atoms with van der Waals surface area (Å²) in [6.07, 6.45) is 74.0. The molecule has 0 aliphatic heterocycles. The van der Waals surface area contributed by atoms with Crippen molar-refractivity contribution in [3.05, 3.63) is 12.2 Å². The summed E-state index contributed by atoms with van der Waals surface area (Å²) < 4.78 is 5.47. The monoisotopic (exact) mass is 1000 g/mol. The predicted molar refractivity (Wildman–Crippen MR) is 310 cm³/mol. The topological polar surface area (TPSA) is 95.9 Å². The Kier molecular flexibility index (Phi) is 59.9. The molecule has 0 spiro atoms. The molecule has 6 heteroatoms. The summed E-state index contributed by atoms with van der Waals surface area (Å²) in [5.74, 6) is -0.0601. The van der Waals surface area contributed by atoms with Gasteiger partial charge in [-0.05, 0) is 32.1 Å². The number of amides is 1. The first-order chi connectivity index (χ1) is 35.0. The number of aliphatic hydroxyl groups excluding tert-OH is 2. The van der Waals surface area contributed by atoms with E-state index >= 15 is 0 Å².